The fourth-order valence-electron chi connectivity index (χ4n) is 2.21. The predicted molar refractivity (Wildman–Crippen MR) is 87.4 cm³/mol. The topological polar surface area (TPSA) is 79.2 Å². The van der Waals surface area contributed by atoms with Crippen LogP contribution in [0.4, 0.5) is 0 Å². The number of amides is 1. The maximum Gasteiger partial charge on any atom is 0.261 e. The summed E-state index contributed by atoms with van der Waals surface area (Å²) in [6.45, 7) is 2.33. The van der Waals surface area contributed by atoms with Crippen LogP contribution in [0.3, 0.4) is 0 Å². The number of carbonyl (C=O) groups is 1. The second-order valence-electron chi connectivity index (χ2n) is 5.10. The molecule has 3 aromatic rings. The summed E-state index contributed by atoms with van der Waals surface area (Å²) in [6.07, 6.45) is 3.27. The zero-order valence-electron chi connectivity index (χ0n) is 12.7. The number of aryl methyl sites for hydroxylation is 1. The van der Waals surface area contributed by atoms with E-state index in [-0.39, 0.29) is 11.5 Å². The van der Waals surface area contributed by atoms with Gasteiger partial charge in [-0.2, -0.15) is 0 Å². The molecule has 3 aromatic heterocycles. The number of aromatic nitrogens is 2. The van der Waals surface area contributed by atoms with Gasteiger partial charge < -0.3 is 14.3 Å². The van der Waals surface area contributed by atoms with E-state index >= 15 is 0 Å². The fraction of sp³-hybridized carbons (Fsp3) is 0.188. The third-order valence-corrected chi connectivity index (χ3v) is 4.23. The van der Waals surface area contributed by atoms with Crippen molar-refractivity contribution < 1.29 is 9.21 Å². The van der Waals surface area contributed by atoms with E-state index in [2.05, 4.69) is 9.97 Å². The average molecular weight is 329 g/mol. The van der Waals surface area contributed by atoms with Crippen LogP contribution in [0.1, 0.15) is 20.2 Å². The van der Waals surface area contributed by atoms with Crippen molar-refractivity contribution in [3.05, 3.63) is 62.5 Å². The van der Waals surface area contributed by atoms with Crippen LogP contribution >= 0.6 is 11.3 Å². The van der Waals surface area contributed by atoms with Crippen LogP contribution in [-0.2, 0) is 6.54 Å². The second kappa shape index (κ2) is 6.21. The molecule has 3 heterocycles. The van der Waals surface area contributed by atoms with Crippen LogP contribution in [0.25, 0.3) is 11.5 Å². The molecule has 0 aliphatic rings. The van der Waals surface area contributed by atoms with E-state index < -0.39 is 5.56 Å². The number of hydrogen-bond acceptors (Lipinski definition) is 5. The molecular formula is C16H15N3O3S. The van der Waals surface area contributed by atoms with Crippen molar-refractivity contribution in [2.24, 2.45) is 0 Å². The Morgan fingerprint density at radius 1 is 1.39 bits per heavy atom. The quantitative estimate of drug-likeness (QED) is 0.798. The summed E-state index contributed by atoms with van der Waals surface area (Å²) < 4.78 is 5.23. The SMILES string of the molecule is Cc1ncc(CN(C)C(=O)c2ccc(-c3ccco3)[nH]c2=O)s1. The Bertz CT molecular complexity index is 880. The van der Waals surface area contributed by atoms with E-state index in [9.17, 15) is 9.59 Å². The Morgan fingerprint density at radius 2 is 2.22 bits per heavy atom. The van der Waals surface area contributed by atoms with Gasteiger partial charge in [-0.05, 0) is 31.2 Å². The number of hydrogen-bond donors (Lipinski definition) is 1. The van der Waals surface area contributed by atoms with Crippen LogP contribution in [0.15, 0.2) is 45.9 Å². The number of carbonyl (C=O) groups excluding carboxylic acids is 1. The van der Waals surface area contributed by atoms with Gasteiger partial charge in [0.1, 0.15) is 11.3 Å². The van der Waals surface area contributed by atoms with Crippen molar-refractivity contribution in [2.75, 3.05) is 7.05 Å². The first-order valence-electron chi connectivity index (χ1n) is 6.98. The summed E-state index contributed by atoms with van der Waals surface area (Å²) >= 11 is 1.53. The van der Waals surface area contributed by atoms with Crippen molar-refractivity contribution in [2.45, 2.75) is 13.5 Å². The molecule has 6 nitrogen and oxygen atoms in total. The second-order valence-corrected chi connectivity index (χ2v) is 6.42. The number of aromatic amines is 1. The molecule has 0 spiro atoms. The van der Waals surface area contributed by atoms with E-state index in [1.54, 1.807) is 31.4 Å². The molecule has 0 bridgehead atoms. The largest absolute Gasteiger partial charge is 0.463 e. The maximum absolute atomic E-state index is 12.4. The van der Waals surface area contributed by atoms with Crippen LogP contribution in [0.2, 0.25) is 0 Å². The van der Waals surface area contributed by atoms with E-state index in [0.29, 0.717) is 18.0 Å². The van der Waals surface area contributed by atoms with Crippen molar-refractivity contribution in [3.63, 3.8) is 0 Å². The minimum Gasteiger partial charge on any atom is -0.463 e. The molecular weight excluding hydrogens is 314 g/mol. The van der Waals surface area contributed by atoms with Crippen molar-refractivity contribution >= 4 is 17.2 Å². The van der Waals surface area contributed by atoms with Crippen molar-refractivity contribution in [1.82, 2.24) is 14.9 Å². The third kappa shape index (κ3) is 3.24. The van der Waals surface area contributed by atoms with Gasteiger partial charge in [-0.25, -0.2) is 4.98 Å². The van der Waals surface area contributed by atoms with Crippen molar-refractivity contribution in [3.8, 4) is 11.5 Å². The highest BCUT2D eigenvalue weighted by Crippen LogP contribution is 2.17. The van der Waals surface area contributed by atoms with E-state index in [0.717, 1.165) is 9.88 Å². The molecule has 7 heteroatoms. The van der Waals surface area contributed by atoms with E-state index in [1.165, 1.54) is 28.6 Å². The molecule has 0 saturated heterocycles. The lowest BCUT2D eigenvalue weighted by Crippen LogP contribution is -2.31. The highest BCUT2D eigenvalue weighted by atomic mass is 32.1. The molecule has 0 fully saturated rings. The summed E-state index contributed by atoms with van der Waals surface area (Å²) in [5.74, 6) is 0.220. The Labute approximate surface area is 136 Å². The van der Waals surface area contributed by atoms with Gasteiger partial charge in [0.2, 0.25) is 0 Å². The predicted octanol–water partition coefficient (Wildman–Crippen LogP) is 2.67. The zero-order chi connectivity index (χ0) is 16.4. The number of thiazole rings is 1. The van der Waals surface area contributed by atoms with Gasteiger partial charge >= 0.3 is 0 Å². The first kappa shape index (κ1) is 15.2. The molecule has 0 unspecified atom stereocenters. The molecule has 0 aliphatic heterocycles. The number of rotatable bonds is 4. The summed E-state index contributed by atoms with van der Waals surface area (Å²) in [6, 6.07) is 6.66. The monoisotopic (exact) mass is 329 g/mol. The van der Waals surface area contributed by atoms with Crippen LogP contribution in [0.5, 0.6) is 0 Å². The number of nitrogens with zero attached hydrogens (tertiary/aromatic N) is 2. The number of H-pyrrole nitrogens is 1. The Kier molecular flexibility index (Phi) is 4.12. The molecule has 0 radical (unpaired) electrons. The summed E-state index contributed by atoms with van der Waals surface area (Å²) in [4.78, 5) is 33.9. The van der Waals surface area contributed by atoms with Gasteiger partial charge in [0.05, 0.1) is 23.5 Å². The molecule has 3 rings (SSSR count). The van der Waals surface area contributed by atoms with Gasteiger partial charge in [-0.3, -0.25) is 9.59 Å². The zero-order valence-corrected chi connectivity index (χ0v) is 13.5. The number of furan rings is 1. The van der Waals surface area contributed by atoms with Gasteiger partial charge in [0.25, 0.3) is 11.5 Å². The third-order valence-electron chi connectivity index (χ3n) is 3.34. The molecule has 0 saturated carbocycles. The molecule has 0 aliphatic carbocycles. The summed E-state index contributed by atoms with van der Waals surface area (Å²) in [5, 5.41) is 0.946. The minimum absolute atomic E-state index is 0.101. The minimum atomic E-state index is -0.434. The molecule has 118 valence electrons. The Morgan fingerprint density at radius 3 is 2.83 bits per heavy atom. The van der Waals surface area contributed by atoms with Gasteiger partial charge in [0.15, 0.2) is 0 Å². The van der Waals surface area contributed by atoms with Crippen LogP contribution in [-0.4, -0.2) is 27.8 Å². The number of nitrogens with one attached hydrogen (secondary N) is 1. The van der Waals surface area contributed by atoms with E-state index in [4.69, 9.17) is 4.42 Å². The molecule has 0 atom stereocenters. The molecule has 23 heavy (non-hydrogen) atoms. The summed E-state index contributed by atoms with van der Waals surface area (Å²) in [5.41, 5.74) is 0.206. The molecule has 1 amide bonds. The lowest BCUT2D eigenvalue weighted by molar-refractivity contribution is 0.0784. The van der Waals surface area contributed by atoms with Gasteiger partial charge in [-0.15, -0.1) is 11.3 Å². The fourth-order valence-corrected chi connectivity index (χ4v) is 3.06. The average Bonchev–Trinajstić information content (AvgIpc) is 3.18. The van der Waals surface area contributed by atoms with E-state index in [1.807, 2.05) is 6.92 Å². The van der Waals surface area contributed by atoms with Gasteiger partial charge in [-0.1, -0.05) is 0 Å². The Hall–Kier alpha value is -2.67. The molecule has 1 N–H and O–H groups in total. The Balaban J connectivity index is 1.80. The van der Waals surface area contributed by atoms with Crippen molar-refractivity contribution in [1.29, 1.82) is 0 Å². The number of pyridine rings is 1. The first-order chi connectivity index (χ1) is 11.0. The lowest BCUT2D eigenvalue weighted by atomic mass is 10.2. The van der Waals surface area contributed by atoms with Crippen LogP contribution < -0.4 is 5.56 Å². The lowest BCUT2D eigenvalue weighted by Gasteiger charge is -2.15. The summed E-state index contributed by atoms with van der Waals surface area (Å²) in [7, 11) is 1.66. The highest BCUT2D eigenvalue weighted by molar-refractivity contribution is 7.11. The highest BCUT2D eigenvalue weighted by Gasteiger charge is 2.17. The standard InChI is InChI=1S/C16H15N3O3S/c1-10-17-8-11(23-10)9-19(2)16(21)12-5-6-13(18-15(12)20)14-4-3-7-22-14/h3-8H,9H2,1-2H3,(H,18,20). The van der Waals surface area contributed by atoms with Gasteiger partial charge in [0, 0.05) is 18.1 Å². The molecule has 0 aromatic carbocycles. The van der Waals surface area contributed by atoms with Crippen LogP contribution in [0, 0.1) is 6.92 Å². The maximum atomic E-state index is 12.4. The normalized spacial score (nSPS) is 10.7. The smallest absolute Gasteiger partial charge is 0.261 e. The first-order valence-corrected chi connectivity index (χ1v) is 7.80.